The summed E-state index contributed by atoms with van der Waals surface area (Å²) in [6, 6.07) is 5.96. The lowest BCUT2D eigenvalue weighted by Crippen LogP contribution is -2.41. The van der Waals surface area contributed by atoms with Gasteiger partial charge in [0.05, 0.1) is 5.69 Å². The average Bonchev–Trinajstić information content (AvgIpc) is 3.13. The summed E-state index contributed by atoms with van der Waals surface area (Å²) in [4.78, 5) is 24.7. The first-order valence-electron chi connectivity index (χ1n) is 9.09. The molecule has 25 heavy (non-hydrogen) atoms. The van der Waals surface area contributed by atoms with Crippen molar-refractivity contribution < 1.29 is 9.59 Å². The highest BCUT2D eigenvalue weighted by atomic mass is 79.9. The van der Waals surface area contributed by atoms with Crippen LogP contribution in [0.15, 0.2) is 27.1 Å². The molecular formula is C19H24Br2N2O2. The SMILES string of the molecule is O=C(Nc1ccc(Br)cc1Br)C1CCC(NC(=O)C2CCCC2)CC1. The van der Waals surface area contributed by atoms with Crippen LogP contribution in [-0.2, 0) is 9.59 Å². The summed E-state index contributed by atoms with van der Waals surface area (Å²) in [5, 5.41) is 6.22. The van der Waals surface area contributed by atoms with Crippen LogP contribution in [0.25, 0.3) is 0 Å². The molecule has 1 aromatic carbocycles. The van der Waals surface area contributed by atoms with E-state index in [0.717, 1.165) is 53.2 Å². The Labute approximate surface area is 165 Å². The van der Waals surface area contributed by atoms with Crippen LogP contribution in [0.2, 0.25) is 0 Å². The van der Waals surface area contributed by atoms with Crippen LogP contribution in [0.4, 0.5) is 5.69 Å². The van der Waals surface area contributed by atoms with E-state index in [1.54, 1.807) is 0 Å². The molecule has 0 heterocycles. The van der Waals surface area contributed by atoms with E-state index in [9.17, 15) is 9.59 Å². The summed E-state index contributed by atoms with van der Waals surface area (Å²) in [7, 11) is 0. The average molecular weight is 472 g/mol. The fourth-order valence-corrected chi connectivity index (χ4v) is 4.98. The molecule has 6 heteroatoms. The van der Waals surface area contributed by atoms with Gasteiger partial charge in [-0.3, -0.25) is 9.59 Å². The number of carbonyl (C=O) groups is 2. The topological polar surface area (TPSA) is 58.2 Å². The minimum absolute atomic E-state index is 0.0233. The maximum absolute atomic E-state index is 12.5. The summed E-state index contributed by atoms with van der Waals surface area (Å²) < 4.78 is 1.84. The van der Waals surface area contributed by atoms with E-state index in [1.165, 1.54) is 12.8 Å². The molecule has 2 aliphatic rings. The first-order chi connectivity index (χ1) is 12.0. The van der Waals surface area contributed by atoms with Crippen LogP contribution >= 0.6 is 31.9 Å². The minimum atomic E-state index is 0.0233. The molecule has 2 aliphatic carbocycles. The number of anilines is 1. The van der Waals surface area contributed by atoms with Crippen LogP contribution in [0.5, 0.6) is 0 Å². The van der Waals surface area contributed by atoms with Crippen molar-refractivity contribution in [3.8, 4) is 0 Å². The van der Waals surface area contributed by atoms with Crippen LogP contribution in [0.3, 0.4) is 0 Å². The molecular weight excluding hydrogens is 448 g/mol. The molecule has 2 N–H and O–H groups in total. The lowest BCUT2D eigenvalue weighted by atomic mass is 9.85. The van der Waals surface area contributed by atoms with Crippen molar-refractivity contribution in [3.63, 3.8) is 0 Å². The zero-order chi connectivity index (χ0) is 17.8. The van der Waals surface area contributed by atoms with E-state index in [1.807, 2.05) is 18.2 Å². The molecule has 0 saturated heterocycles. The highest BCUT2D eigenvalue weighted by Gasteiger charge is 2.29. The van der Waals surface area contributed by atoms with Gasteiger partial charge >= 0.3 is 0 Å². The maximum atomic E-state index is 12.5. The second-order valence-electron chi connectivity index (χ2n) is 7.15. The van der Waals surface area contributed by atoms with Gasteiger partial charge in [-0.2, -0.15) is 0 Å². The molecule has 0 bridgehead atoms. The number of carbonyl (C=O) groups excluding carboxylic acids is 2. The molecule has 0 spiro atoms. The van der Waals surface area contributed by atoms with Crippen molar-refractivity contribution in [1.29, 1.82) is 0 Å². The molecule has 1 aromatic rings. The number of amides is 2. The van der Waals surface area contributed by atoms with E-state index in [0.29, 0.717) is 0 Å². The number of rotatable bonds is 4. The molecule has 2 fully saturated rings. The van der Waals surface area contributed by atoms with Crippen molar-refractivity contribution in [3.05, 3.63) is 27.1 Å². The molecule has 2 amide bonds. The Bertz CT molecular complexity index is 636. The number of hydrogen-bond acceptors (Lipinski definition) is 2. The smallest absolute Gasteiger partial charge is 0.227 e. The summed E-state index contributed by atoms with van der Waals surface area (Å²) in [5.74, 6) is 0.541. The summed E-state index contributed by atoms with van der Waals surface area (Å²) in [5.41, 5.74) is 0.796. The highest BCUT2D eigenvalue weighted by molar-refractivity contribution is 9.11. The lowest BCUT2D eigenvalue weighted by molar-refractivity contribution is -0.125. The van der Waals surface area contributed by atoms with Gasteiger partial charge < -0.3 is 10.6 Å². The largest absolute Gasteiger partial charge is 0.353 e. The number of nitrogens with one attached hydrogen (secondary N) is 2. The van der Waals surface area contributed by atoms with Crippen molar-refractivity contribution >= 4 is 49.4 Å². The second kappa shape index (κ2) is 8.67. The van der Waals surface area contributed by atoms with E-state index in [-0.39, 0.29) is 29.7 Å². The predicted molar refractivity (Wildman–Crippen MR) is 106 cm³/mol. The standard InChI is InChI=1S/C19H24Br2N2O2/c20-14-7-10-17(16(21)11-14)23-19(25)13-5-8-15(9-6-13)22-18(24)12-3-1-2-4-12/h7,10-13,15H,1-6,8-9H2,(H,22,24)(H,23,25). The molecule has 0 aromatic heterocycles. The van der Waals surface area contributed by atoms with Gasteiger partial charge in [0.2, 0.25) is 11.8 Å². The predicted octanol–water partition coefficient (Wildman–Crippen LogP) is 5.02. The zero-order valence-electron chi connectivity index (χ0n) is 14.2. The van der Waals surface area contributed by atoms with Gasteiger partial charge in [-0.25, -0.2) is 0 Å². The molecule has 4 nitrogen and oxygen atoms in total. The van der Waals surface area contributed by atoms with Crippen molar-refractivity contribution in [2.75, 3.05) is 5.32 Å². The molecule has 0 radical (unpaired) electrons. The molecule has 0 atom stereocenters. The van der Waals surface area contributed by atoms with Crippen molar-refractivity contribution in [2.45, 2.75) is 57.4 Å². The Hall–Kier alpha value is -0.880. The maximum Gasteiger partial charge on any atom is 0.227 e. The Morgan fingerprint density at radius 2 is 1.52 bits per heavy atom. The van der Waals surface area contributed by atoms with E-state index in [4.69, 9.17) is 0 Å². The van der Waals surface area contributed by atoms with Gasteiger partial charge in [-0.05, 0) is 72.7 Å². The Kier molecular flexibility index (Phi) is 6.55. The van der Waals surface area contributed by atoms with Gasteiger partial charge in [0.1, 0.15) is 0 Å². The molecule has 0 aliphatic heterocycles. The third-order valence-corrected chi connectivity index (χ3v) is 6.51. The Morgan fingerprint density at radius 1 is 0.880 bits per heavy atom. The first-order valence-corrected chi connectivity index (χ1v) is 10.7. The fourth-order valence-electron chi connectivity index (χ4n) is 3.83. The monoisotopic (exact) mass is 470 g/mol. The third kappa shape index (κ3) is 5.07. The molecule has 0 unspecified atom stereocenters. The van der Waals surface area contributed by atoms with E-state index < -0.39 is 0 Å². The third-order valence-electron chi connectivity index (χ3n) is 5.36. The van der Waals surface area contributed by atoms with Crippen LogP contribution < -0.4 is 10.6 Å². The molecule has 3 rings (SSSR count). The fraction of sp³-hybridized carbons (Fsp3) is 0.579. The van der Waals surface area contributed by atoms with E-state index in [2.05, 4.69) is 42.5 Å². The Balaban J connectivity index is 1.46. The molecule has 136 valence electrons. The normalized spacial score (nSPS) is 24.1. The lowest BCUT2D eigenvalue weighted by Gasteiger charge is -2.29. The molecule has 2 saturated carbocycles. The van der Waals surface area contributed by atoms with Crippen molar-refractivity contribution in [1.82, 2.24) is 5.32 Å². The van der Waals surface area contributed by atoms with E-state index >= 15 is 0 Å². The Morgan fingerprint density at radius 3 is 2.16 bits per heavy atom. The first kappa shape index (κ1) is 18.9. The van der Waals surface area contributed by atoms with Crippen LogP contribution in [0.1, 0.15) is 51.4 Å². The van der Waals surface area contributed by atoms with Gasteiger partial charge in [0.25, 0.3) is 0 Å². The quantitative estimate of drug-likeness (QED) is 0.647. The summed E-state index contributed by atoms with van der Waals surface area (Å²) >= 11 is 6.89. The minimum Gasteiger partial charge on any atom is -0.353 e. The zero-order valence-corrected chi connectivity index (χ0v) is 17.4. The van der Waals surface area contributed by atoms with Crippen LogP contribution in [0, 0.1) is 11.8 Å². The second-order valence-corrected chi connectivity index (χ2v) is 8.92. The number of benzene rings is 1. The van der Waals surface area contributed by atoms with Gasteiger partial charge in [0, 0.05) is 26.8 Å². The summed E-state index contributed by atoms with van der Waals surface area (Å²) in [6.07, 6.45) is 7.85. The number of hydrogen-bond donors (Lipinski definition) is 2. The summed E-state index contributed by atoms with van der Waals surface area (Å²) in [6.45, 7) is 0. The highest BCUT2D eigenvalue weighted by Crippen LogP contribution is 2.30. The van der Waals surface area contributed by atoms with Gasteiger partial charge in [-0.15, -0.1) is 0 Å². The number of halogens is 2. The van der Waals surface area contributed by atoms with Gasteiger partial charge in [0.15, 0.2) is 0 Å². The van der Waals surface area contributed by atoms with Crippen molar-refractivity contribution in [2.24, 2.45) is 11.8 Å². The van der Waals surface area contributed by atoms with Crippen LogP contribution in [-0.4, -0.2) is 17.9 Å². The van der Waals surface area contributed by atoms with Gasteiger partial charge in [-0.1, -0.05) is 28.8 Å².